The van der Waals surface area contributed by atoms with Gasteiger partial charge in [0.15, 0.2) is 0 Å². The second-order valence-corrected chi connectivity index (χ2v) is 3.83. The Morgan fingerprint density at radius 1 is 1.11 bits per heavy atom. The minimum Gasteiger partial charge on any atom is -0.439 e. The fraction of sp³-hybridized carbons (Fsp3) is 0.167. The molecule has 0 fully saturated rings. The summed E-state index contributed by atoms with van der Waals surface area (Å²) < 4.78 is 42.4. The van der Waals surface area contributed by atoms with Gasteiger partial charge in [0, 0.05) is 11.8 Å². The summed E-state index contributed by atoms with van der Waals surface area (Å²) in [6, 6.07) is 5.85. The number of hydrogen-bond donors (Lipinski definition) is 1. The first kappa shape index (κ1) is 13.1. The highest BCUT2D eigenvalue weighted by molar-refractivity contribution is 5.33. The molecule has 100 valence electrons. The van der Waals surface area contributed by atoms with Crippen LogP contribution in [0.4, 0.5) is 19.1 Å². The van der Waals surface area contributed by atoms with Crippen LogP contribution in [0.1, 0.15) is 11.3 Å². The second kappa shape index (κ2) is 4.75. The average molecular weight is 269 g/mol. The number of aryl methyl sites for hydroxylation is 1. The number of benzene rings is 1. The van der Waals surface area contributed by atoms with E-state index in [1.54, 1.807) is 6.92 Å². The van der Waals surface area contributed by atoms with Gasteiger partial charge in [-0.25, -0.2) is 4.98 Å². The van der Waals surface area contributed by atoms with Crippen LogP contribution >= 0.6 is 0 Å². The van der Waals surface area contributed by atoms with Gasteiger partial charge in [0.05, 0.1) is 5.56 Å². The number of halogens is 3. The SMILES string of the molecule is Cc1cc(Oc2ccc(C(F)(F)F)cc2)nc(N)n1. The molecule has 0 aliphatic heterocycles. The lowest BCUT2D eigenvalue weighted by Crippen LogP contribution is -2.04. The van der Waals surface area contributed by atoms with E-state index in [1.165, 1.54) is 18.2 Å². The van der Waals surface area contributed by atoms with E-state index in [0.29, 0.717) is 5.69 Å². The van der Waals surface area contributed by atoms with Crippen LogP contribution in [0.5, 0.6) is 11.6 Å². The van der Waals surface area contributed by atoms with Gasteiger partial charge < -0.3 is 10.5 Å². The molecule has 1 heterocycles. The second-order valence-electron chi connectivity index (χ2n) is 3.83. The van der Waals surface area contributed by atoms with Crippen molar-refractivity contribution in [1.29, 1.82) is 0 Å². The van der Waals surface area contributed by atoms with Gasteiger partial charge in [-0.1, -0.05) is 0 Å². The first-order valence-corrected chi connectivity index (χ1v) is 5.31. The summed E-state index contributed by atoms with van der Waals surface area (Å²) in [5.41, 5.74) is 5.31. The third-order valence-corrected chi connectivity index (χ3v) is 2.25. The topological polar surface area (TPSA) is 61.0 Å². The van der Waals surface area contributed by atoms with Gasteiger partial charge in [0.1, 0.15) is 5.75 Å². The zero-order chi connectivity index (χ0) is 14.0. The highest BCUT2D eigenvalue weighted by atomic mass is 19.4. The van der Waals surface area contributed by atoms with E-state index in [1.807, 2.05) is 0 Å². The van der Waals surface area contributed by atoms with Crippen LogP contribution in [0.25, 0.3) is 0 Å². The fourth-order valence-corrected chi connectivity index (χ4v) is 1.45. The minimum absolute atomic E-state index is 0.0434. The predicted molar refractivity (Wildman–Crippen MR) is 62.7 cm³/mol. The van der Waals surface area contributed by atoms with Crippen LogP contribution in [-0.2, 0) is 6.18 Å². The van der Waals surface area contributed by atoms with Gasteiger partial charge in [0.2, 0.25) is 11.8 Å². The number of nitrogens with zero attached hydrogens (tertiary/aromatic N) is 2. The maximum Gasteiger partial charge on any atom is 0.416 e. The molecule has 0 unspecified atom stereocenters. The van der Waals surface area contributed by atoms with Crippen molar-refractivity contribution >= 4 is 5.95 Å². The van der Waals surface area contributed by atoms with Crippen molar-refractivity contribution in [1.82, 2.24) is 9.97 Å². The van der Waals surface area contributed by atoms with E-state index in [4.69, 9.17) is 10.5 Å². The largest absolute Gasteiger partial charge is 0.439 e. The number of nitrogens with two attached hydrogens (primary N) is 1. The van der Waals surface area contributed by atoms with Gasteiger partial charge >= 0.3 is 6.18 Å². The van der Waals surface area contributed by atoms with E-state index in [2.05, 4.69) is 9.97 Å². The standard InChI is InChI=1S/C12H10F3N3O/c1-7-6-10(18-11(16)17-7)19-9-4-2-8(3-5-9)12(13,14)15/h2-6H,1H3,(H2,16,17,18). The first-order valence-electron chi connectivity index (χ1n) is 5.31. The Balaban J connectivity index is 2.20. The Morgan fingerprint density at radius 3 is 2.26 bits per heavy atom. The maximum atomic E-state index is 12.4. The van der Waals surface area contributed by atoms with Crippen molar-refractivity contribution in [3.05, 3.63) is 41.6 Å². The fourth-order valence-electron chi connectivity index (χ4n) is 1.45. The summed E-state index contributed by atoms with van der Waals surface area (Å²) in [5, 5.41) is 0. The molecule has 0 aliphatic carbocycles. The molecule has 2 aromatic rings. The van der Waals surface area contributed by atoms with Gasteiger partial charge in [0.25, 0.3) is 0 Å². The molecule has 7 heteroatoms. The van der Waals surface area contributed by atoms with Crippen molar-refractivity contribution in [3.8, 4) is 11.6 Å². The lowest BCUT2D eigenvalue weighted by atomic mass is 10.2. The number of nitrogen functional groups attached to an aromatic ring is 1. The molecule has 0 saturated carbocycles. The van der Waals surface area contributed by atoms with Gasteiger partial charge in [-0.2, -0.15) is 18.2 Å². The van der Waals surface area contributed by atoms with E-state index in [0.717, 1.165) is 12.1 Å². The number of aromatic nitrogens is 2. The molecule has 0 atom stereocenters. The summed E-state index contributed by atoms with van der Waals surface area (Å²) in [5.74, 6) is 0.470. The number of rotatable bonds is 2. The third kappa shape index (κ3) is 3.34. The average Bonchev–Trinajstić information content (AvgIpc) is 2.26. The normalized spacial score (nSPS) is 11.4. The highest BCUT2D eigenvalue weighted by Gasteiger charge is 2.30. The van der Waals surface area contributed by atoms with E-state index in [-0.39, 0.29) is 17.6 Å². The maximum absolute atomic E-state index is 12.4. The molecule has 2 rings (SSSR count). The van der Waals surface area contributed by atoms with Crippen molar-refractivity contribution in [3.63, 3.8) is 0 Å². The Bertz CT molecular complexity index is 562. The number of ether oxygens (including phenoxy) is 1. The molecule has 1 aromatic carbocycles. The van der Waals surface area contributed by atoms with Crippen molar-refractivity contribution in [2.24, 2.45) is 0 Å². The van der Waals surface area contributed by atoms with Gasteiger partial charge in [-0.05, 0) is 31.2 Å². The Labute approximate surface area is 107 Å². The van der Waals surface area contributed by atoms with Gasteiger partial charge in [-0.15, -0.1) is 0 Å². The zero-order valence-electron chi connectivity index (χ0n) is 9.90. The molecule has 0 amide bonds. The molecule has 1 aromatic heterocycles. The molecule has 2 N–H and O–H groups in total. The summed E-state index contributed by atoms with van der Waals surface area (Å²) >= 11 is 0. The summed E-state index contributed by atoms with van der Waals surface area (Å²) in [6.45, 7) is 1.71. The smallest absolute Gasteiger partial charge is 0.416 e. The predicted octanol–water partition coefficient (Wildman–Crippen LogP) is 3.18. The molecular weight excluding hydrogens is 259 g/mol. The van der Waals surface area contributed by atoms with Crippen LogP contribution in [0, 0.1) is 6.92 Å². The van der Waals surface area contributed by atoms with Gasteiger partial charge in [-0.3, -0.25) is 0 Å². The minimum atomic E-state index is -4.37. The van der Waals surface area contributed by atoms with Crippen molar-refractivity contribution < 1.29 is 17.9 Å². The molecule has 19 heavy (non-hydrogen) atoms. The van der Waals surface area contributed by atoms with E-state index >= 15 is 0 Å². The zero-order valence-corrected chi connectivity index (χ0v) is 9.90. The monoisotopic (exact) mass is 269 g/mol. The lowest BCUT2D eigenvalue weighted by molar-refractivity contribution is -0.137. The summed E-state index contributed by atoms with van der Waals surface area (Å²) in [6.07, 6.45) is -4.37. The van der Waals surface area contributed by atoms with Crippen molar-refractivity contribution in [2.45, 2.75) is 13.1 Å². The van der Waals surface area contributed by atoms with Crippen LogP contribution < -0.4 is 10.5 Å². The molecular formula is C12H10F3N3O. The van der Waals surface area contributed by atoms with E-state index in [9.17, 15) is 13.2 Å². The molecule has 0 spiro atoms. The molecule has 4 nitrogen and oxygen atoms in total. The van der Waals surface area contributed by atoms with Crippen molar-refractivity contribution in [2.75, 3.05) is 5.73 Å². The van der Waals surface area contributed by atoms with Crippen LogP contribution in [0.3, 0.4) is 0 Å². The van der Waals surface area contributed by atoms with Crippen LogP contribution in [0.2, 0.25) is 0 Å². The van der Waals surface area contributed by atoms with Crippen LogP contribution in [0.15, 0.2) is 30.3 Å². The highest BCUT2D eigenvalue weighted by Crippen LogP contribution is 2.31. The lowest BCUT2D eigenvalue weighted by Gasteiger charge is -2.08. The summed E-state index contributed by atoms with van der Waals surface area (Å²) in [4.78, 5) is 7.68. The van der Waals surface area contributed by atoms with E-state index < -0.39 is 11.7 Å². The van der Waals surface area contributed by atoms with Crippen LogP contribution in [-0.4, -0.2) is 9.97 Å². The molecule has 0 radical (unpaired) electrons. The quantitative estimate of drug-likeness (QED) is 0.909. The number of hydrogen-bond acceptors (Lipinski definition) is 4. The number of anilines is 1. The Morgan fingerprint density at radius 2 is 1.74 bits per heavy atom. The Hall–Kier alpha value is -2.31. The first-order chi connectivity index (χ1) is 8.84. The molecule has 0 aliphatic rings. The third-order valence-electron chi connectivity index (χ3n) is 2.25. The number of alkyl halides is 3. The molecule has 0 saturated heterocycles. The molecule has 0 bridgehead atoms. The summed E-state index contributed by atoms with van der Waals surface area (Å²) in [7, 11) is 0. The Kier molecular flexibility index (Phi) is 3.28.